The summed E-state index contributed by atoms with van der Waals surface area (Å²) in [7, 11) is 3.60. The van der Waals surface area contributed by atoms with Crippen molar-refractivity contribution in [3.8, 4) is 5.75 Å². The largest absolute Gasteiger partial charge is 0.497 e. The van der Waals surface area contributed by atoms with Crippen molar-refractivity contribution < 1.29 is 9.53 Å². The highest BCUT2D eigenvalue weighted by Crippen LogP contribution is 2.25. The molecule has 0 aliphatic heterocycles. The summed E-state index contributed by atoms with van der Waals surface area (Å²) in [5, 5.41) is 2.78. The van der Waals surface area contributed by atoms with Crippen LogP contribution in [-0.4, -0.2) is 27.8 Å². The van der Waals surface area contributed by atoms with Crippen LogP contribution in [-0.2, 0) is 18.4 Å². The van der Waals surface area contributed by atoms with Crippen LogP contribution in [0.25, 0.3) is 11.0 Å². The molecule has 0 spiro atoms. The molecule has 3 rings (SSSR count). The highest BCUT2D eigenvalue weighted by molar-refractivity contribution is 8.00. The number of benzene rings is 2. The predicted octanol–water partition coefficient (Wildman–Crippen LogP) is 3.38. The lowest BCUT2D eigenvalue weighted by Crippen LogP contribution is -2.31. The monoisotopic (exact) mass is 355 g/mol. The van der Waals surface area contributed by atoms with Gasteiger partial charge in [-0.25, -0.2) is 4.98 Å². The van der Waals surface area contributed by atoms with E-state index in [-0.39, 0.29) is 11.2 Å². The van der Waals surface area contributed by atoms with Gasteiger partial charge in [0.05, 0.1) is 29.9 Å². The number of thioether (sulfide) groups is 1. The van der Waals surface area contributed by atoms with Crippen LogP contribution in [0, 0.1) is 0 Å². The fourth-order valence-corrected chi connectivity index (χ4v) is 3.47. The topological polar surface area (TPSA) is 56.1 Å². The minimum absolute atomic E-state index is 0.00660. The molecule has 1 atom stereocenters. The van der Waals surface area contributed by atoms with Crippen molar-refractivity contribution in [1.82, 2.24) is 14.9 Å². The summed E-state index contributed by atoms with van der Waals surface area (Å²) in [5.74, 6) is 1.65. The lowest BCUT2D eigenvalue weighted by atomic mass is 10.3. The third-order valence-electron chi connectivity index (χ3n) is 4.04. The maximum absolute atomic E-state index is 12.4. The number of amides is 1. The van der Waals surface area contributed by atoms with Gasteiger partial charge >= 0.3 is 0 Å². The van der Waals surface area contributed by atoms with Gasteiger partial charge in [0.25, 0.3) is 0 Å². The number of hydrogen-bond acceptors (Lipinski definition) is 4. The minimum Gasteiger partial charge on any atom is -0.497 e. The molecule has 3 aromatic rings. The highest BCUT2D eigenvalue weighted by Gasteiger charge is 2.15. The molecule has 1 unspecified atom stereocenters. The molecule has 1 amide bonds. The van der Waals surface area contributed by atoms with Crippen LogP contribution < -0.4 is 10.1 Å². The summed E-state index contributed by atoms with van der Waals surface area (Å²) in [4.78, 5) is 18.0. The van der Waals surface area contributed by atoms with E-state index in [1.54, 1.807) is 7.11 Å². The molecule has 6 heteroatoms. The van der Waals surface area contributed by atoms with Crippen molar-refractivity contribution in [2.75, 3.05) is 7.11 Å². The Kier molecular flexibility index (Phi) is 5.28. The van der Waals surface area contributed by atoms with E-state index in [4.69, 9.17) is 4.74 Å². The first-order valence-corrected chi connectivity index (χ1v) is 8.95. The van der Waals surface area contributed by atoms with Crippen LogP contribution >= 0.6 is 11.8 Å². The summed E-state index contributed by atoms with van der Waals surface area (Å²) < 4.78 is 7.16. The average Bonchev–Trinajstić information content (AvgIpc) is 2.96. The summed E-state index contributed by atoms with van der Waals surface area (Å²) in [6.45, 7) is 2.32. The van der Waals surface area contributed by atoms with Gasteiger partial charge in [-0.1, -0.05) is 12.1 Å². The normalized spacial score (nSPS) is 12.1. The van der Waals surface area contributed by atoms with Gasteiger partial charge in [0, 0.05) is 11.9 Å². The Bertz CT molecular complexity index is 874. The molecule has 2 aromatic carbocycles. The van der Waals surface area contributed by atoms with Crippen LogP contribution in [0.5, 0.6) is 5.75 Å². The zero-order chi connectivity index (χ0) is 17.8. The molecule has 0 aliphatic carbocycles. The number of carbonyl (C=O) groups excluding carboxylic acids is 1. The second-order valence-electron chi connectivity index (χ2n) is 5.73. The molecule has 0 aliphatic rings. The van der Waals surface area contributed by atoms with Crippen LogP contribution in [0.2, 0.25) is 0 Å². The number of para-hydroxylation sites is 2. The molecule has 1 N–H and O–H groups in total. The van der Waals surface area contributed by atoms with Gasteiger partial charge in [-0.15, -0.1) is 11.8 Å². The number of hydrogen-bond donors (Lipinski definition) is 1. The molecule has 1 heterocycles. The fraction of sp³-hybridized carbons (Fsp3) is 0.263. The minimum atomic E-state index is -0.192. The molecule has 25 heavy (non-hydrogen) atoms. The number of nitrogens with one attached hydrogen (secondary N) is 1. The summed E-state index contributed by atoms with van der Waals surface area (Å²) in [6, 6.07) is 15.7. The maximum atomic E-state index is 12.4. The molecule has 0 radical (unpaired) electrons. The number of aryl methyl sites for hydroxylation is 1. The fourth-order valence-electron chi connectivity index (χ4n) is 2.58. The standard InChI is InChI=1S/C19H21N3O2S/c1-13(25-15-10-8-14(24-3)9-11-15)19(23)20-12-18-21-16-6-4-5-7-17(16)22(18)2/h4-11,13H,12H2,1-3H3,(H,20,23). The van der Waals surface area contributed by atoms with E-state index in [0.717, 1.165) is 27.5 Å². The lowest BCUT2D eigenvalue weighted by Gasteiger charge is -2.12. The van der Waals surface area contributed by atoms with E-state index in [1.807, 2.05) is 67.1 Å². The molecular formula is C19H21N3O2S. The Hall–Kier alpha value is -2.47. The van der Waals surface area contributed by atoms with E-state index >= 15 is 0 Å². The van der Waals surface area contributed by atoms with Gasteiger partial charge in [-0.05, 0) is 43.3 Å². The number of nitrogens with zero attached hydrogens (tertiary/aromatic N) is 2. The number of imidazole rings is 1. The molecule has 0 saturated heterocycles. The number of carbonyl (C=O) groups is 1. The number of fused-ring (bicyclic) bond motifs is 1. The van der Waals surface area contributed by atoms with Gasteiger partial charge in [0.2, 0.25) is 5.91 Å². The SMILES string of the molecule is COc1ccc(SC(C)C(=O)NCc2nc3ccccc3n2C)cc1. The summed E-state index contributed by atoms with van der Waals surface area (Å²) in [6.07, 6.45) is 0. The van der Waals surface area contributed by atoms with Gasteiger partial charge in [-0.2, -0.15) is 0 Å². The van der Waals surface area contributed by atoms with E-state index in [1.165, 1.54) is 11.8 Å². The van der Waals surface area contributed by atoms with Crippen LogP contribution in [0.1, 0.15) is 12.7 Å². The number of aromatic nitrogens is 2. The number of ether oxygens (including phenoxy) is 1. The highest BCUT2D eigenvalue weighted by atomic mass is 32.2. The first-order valence-electron chi connectivity index (χ1n) is 8.07. The Morgan fingerprint density at radius 3 is 2.64 bits per heavy atom. The van der Waals surface area contributed by atoms with E-state index < -0.39 is 0 Å². The smallest absolute Gasteiger partial charge is 0.233 e. The van der Waals surface area contributed by atoms with E-state index in [9.17, 15) is 4.79 Å². The van der Waals surface area contributed by atoms with Crippen molar-refractivity contribution in [1.29, 1.82) is 0 Å². The molecule has 0 bridgehead atoms. The first-order chi connectivity index (χ1) is 12.1. The Balaban J connectivity index is 1.59. The van der Waals surface area contributed by atoms with Crippen LogP contribution in [0.4, 0.5) is 0 Å². The predicted molar refractivity (Wildman–Crippen MR) is 101 cm³/mol. The van der Waals surface area contributed by atoms with Crippen molar-refractivity contribution in [3.63, 3.8) is 0 Å². The lowest BCUT2D eigenvalue weighted by molar-refractivity contribution is -0.120. The van der Waals surface area contributed by atoms with Gasteiger partial charge in [-0.3, -0.25) is 4.79 Å². The summed E-state index contributed by atoms with van der Waals surface area (Å²) in [5.41, 5.74) is 2.00. The summed E-state index contributed by atoms with van der Waals surface area (Å²) >= 11 is 1.52. The first kappa shape index (κ1) is 17.4. The van der Waals surface area contributed by atoms with Crippen molar-refractivity contribution in [2.45, 2.75) is 23.6 Å². The van der Waals surface area contributed by atoms with Gasteiger partial charge in [0.1, 0.15) is 11.6 Å². The van der Waals surface area contributed by atoms with Crippen LogP contribution in [0.3, 0.4) is 0 Å². The average molecular weight is 355 g/mol. The van der Waals surface area contributed by atoms with E-state index in [2.05, 4.69) is 10.3 Å². The van der Waals surface area contributed by atoms with Crippen molar-refractivity contribution in [2.24, 2.45) is 7.05 Å². The number of methoxy groups -OCH3 is 1. The quantitative estimate of drug-likeness (QED) is 0.689. The van der Waals surface area contributed by atoms with Crippen molar-refractivity contribution >= 4 is 28.7 Å². The Labute approximate surface area is 151 Å². The molecule has 130 valence electrons. The van der Waals surface area contributed by atoms with E-state index in [0.29, 0.717) is 6.54 Å². The van der Waals surface area contributed by atoms with Crippen LogP contribution in [0.15, 0.2) is 53.4 Å². The Morgan fingerprint density at radius 2 is 1.96 bits per heavy atom. The third kappa shape index (κ3) is 3.96. The van der Waals surface area contributed by atoms with Gasteiger partial charge < -0.3 is 14.6 Å². The second-order valence-corrected chi connectivity index (χ2v) is 7.14. The number of rotatable bonds is 6. The second kappa shape index (κ2) is 7.61. The zero-order valence-corrected chi connectivity index (χ0v) is 15.3. The molecule has 0 saturated carbocycles. The molecule has 0 fully saturated rings. The van der Waals surface area contributed by atoms with Crippen molar-refractivity contribution in [3.05, 3.63) is 54.4 Å². The Morgan fingerprint density at radius 1 is 1.24 bits per heavy atom. The van der Waals surface area contributed by atoms with Gasteiger partial charge in [0.15, 0.2) is 0 Å². The maximum Gasteiger partial charge on any atom is 0.233 e. The third-order valence-corrected chi connectivity index (χ3v) is 5.15. The zero-order valence-electron chi connectivity index (χ0n) is 14.5. The molecular weight excluding hydrogens is 334 g/mol. The molecule has 1 aromatic heterocycles. The molecule has 5 nitrogen and oxygen atoms in total.